The average Bonchev–Trinajstić information content (AvgIpc) is 2.90. The minimum absolute atomic E-state index is 0.165. The van der Waals surface area contributed by atoms with Gasteiger partial charge in [-0.15, -0.1) is 0 Å². The van der Waals surface area contributed by atoms with Crippen molar-refractivity contribution in [3.05, 3.63) is 35.9 Å². The lowest BCUT2D eigenvalue weighted by molar-refractivity contribution is -0.131. The number of nitrogens with zero attached hydrogens (tertiary/aromatic N) is 1. The van der Waals surface area contributed by atoms with Crippen LogP contribution in [0, 0.1) is 5.92 Å². The summed E-state index contributed by atoms with van der Waals surface area (Å²) in [7, 11) is 1.62. The number of hydrogen-bond acceptors (Lipinski definition) is 3. The zero-order chi connectivity index (χ0) is 13.7. The van der Waals surface area contributed by atoms with Gasteiger partial charge in [0.2, 0.25) is 5.91 Å². The number of hydrogen-bond donors (Lipinski definition) is 1. The maximum absolute atomic E-state index is 12.0. The van der Waals surface area contributed by atoms with Crippen LogP contribution in [-0.4, -0.2) is 44.2 Å². The number of methoxy groups -OCH3 is 1. The molecule has 0 spiro atoms. The Hall–Kier alpha value is -1.39. The van der Waals surface area contributed by atoms with Crippen molar-refractivity contribution in [2.24, 2.45) is 11.7 Å². The number of benzene rings is 1. The first-order valence-electron chi connectivity index (χ1n) is 6.78. The summed E-state index contributed by atoms with van der Waals surface area (Å²) < 4.78 is 4.96. The lowest BCUT2D eigenvalue weighted by Gasteiger charge is -2.16. The van der Waals surface area contributed by atoms with Gasteiger partial charge >= 0.3 is 0 Å². The molecule has 0 radical (unpaired) electrons. The molecule has 4 nitrogen and oxygen atoms in total. The number of amides is 1. The Morgan fingerprint density at radius 2 is 2.11 bits per heavy atom. The van der Waals surface area contributed by atoms with Gasteiger partial charge in [0.1, 0.15) is 0 Å². The molecule has 2 rings (SSSR count). The molecule has 1 aliphatic rings. The van der Waals surface area contributed by atoms with Crippen molar-refractivity contribution < 1.29 is 9.53 Å². The second-order valence-corrected chi connectivity index (χ2v) is 5.05. The van der Waals surface area contributed by atoms with E-state index in [0.29, 0.717) is 31.4 Å². The van der Waals surface area contributed by atoms with E-state index in [0.717, 1.165) is 13.1 Å². The van der Waals surface area contributed by atoms with Gasteiger partial charge in [-0.2, -0.15) is 0 Å². The quantitative estimate of drug-likeness (QED) is 0.868. The molecule has 1 aromatic carbocycles. The Bertz CT molecular complexity index is 408. The van der Waals surface area contributed by atoms with Gasteiger partial charge in [0.25, 0.3) is 0 Å². The molecule has 1 saturated heterocycles. The van der Waals surface area contributed by atoms with Crippen molar-refractivity contribution in [3.63, 3.8) is 0 Å². The zero-order valence-electron chi connectivity index (χ0n) is 11.4. The third-order valence-corrected chi connectivity index (χ3v) is 3.84. The second kappa shape index (κ2) is 6.68. The Kier molecular flexibility index (Phi) is 4.93. The smallest absolute Gasteiger partial charge is 0.224 e. The third kappa shape index (κ3) is 3.33. The normalized spacial score (nSPS) is 22.7. The van der Waals surface area contributed by atoms with Crippen LogP contribution in [-0.2, 0) is 9.53 Å². The van der Waals surface area contributed by atoms with Crippen LogP contribution in [0.25, 0.3) is 0 Å². The molecular weight excluding hydrogens is 240 g/mol. The van der Waals surface area contributed by atoms with E-state index in [1.54, 1.807) is 7.11 Å². The Morgan fingerprint density at radius 1 is 1.37 bits per heavy atom. The minimum atomic E-state index is 0.165. The molecule has 104 valence electrons. The summed E-state index contributed by atoms with van der Waals surface area (Å²) in [4.78, 5) is 14.0. The molecule has 1 aromatic rings. The number of rotatable bonds is 5. The number of nitrogens with two attached hydrogens (primary N) is 1. The van der Waals surface area contributed by atoms with Gasteiger partial charge < -0.3 is 15.4 Å². The second-order valence-electron chi connectivity index (χ2n) is 5.05. The topological polar surface area (TPSA) is 55.6 Å². The van der Waals surface area contributed by atoms with Crippen LogP contribution in [0.5, 0.6) is 0 Å². The van der Waals surface area contributed by atoms with Gasteiger partial charge in [0.15, 0.2) is 0 Å². The first-order chi connectivity index (χ1) is 9.26. The summed E-state index contributed by atoms with van der Waals surface area (Å²) in [5, 5.41) is 0. The monoisotopic (exact) mass is 262 g/mol. The van der Waals surface area contributed by atoms with Crippen molar-refractivity contribution in [1.29, 1.82) is 0 Å². The Morgan fingerprint density at radius 3 is 2.74 bits per heavy atom. The van der Waals surface area contributed by atoms with Crippen molar-refractivity contribution in [1.82, 2.24) is 4.90 Å². The molecule has 2 N–H and O–H groups in total. The number of carbonyl (C=O) groups is 1. The highest BCUT2D eigenvalue weighted by Gasteiger charge is 2.34. The van der Waals surface area contributed by atoms with Gasteiger partial charge in [-0.25, -0.2) is 0 Å². The van der Waals surface area contributed by atoms with Gasteiger partial charge in [-0.05, 0) is 18.0 Å². The van der Waals surface area contributed by atoms with E-state index in [4.69, 9.17) is 10.5 Å². The third-order valence-electron chi connectivity index (χ3n) is 3.84. The maximum Gasteiger partial charge on any atom is 0.224 e. The molecule has 1 aliphatic heterocycles. The largest absolute Gasteiger partial charge is 0.384 e. The lowest BCUT2D eigenvalue weighted by Crippen LogP contribution is -2.30. The van der Waals surface area contributed by atoms with Crippen molar-refractivity contribution in [2.45, 2.75) is 12.3 Å². The summed E-state index contributed by atoms with van der Waals surface area (Å²) in [5.74, 6) is 0.880. The van der Waals surface area contributed by atoms with E-state index >= 15 is 0 Å². The summed E-state index contributed by atoms with van der Waals surface area (Å²) >= 11 is 0. The highest BCUT2D eigenvalue weighted by atomic mass is 16.5. The SMILES string of the molecule is COCCC(=O)N1C[C@@H](CN)[C@H](c2ccccc2)C1. The fourth-order valence-electron chi connectivity index (χ4n) is 2.74. The van der Waals surface area contributed by atoms with E-state index in [9.17, 15) is 4.79 Å². The van der Waals surface area contributed by atoms with E-state index < -0.39 is 0 Å². The van der Waals surface area contributed by atoms with Gasteiger partial charge in [0, 0.05) is 26.1 Å². The number of ether oxygens (including phenoxy) is 1. The minimum Gasteiger partial charge on any atom is -0.384 e. The van der Waals surface area contributed by atoms with Crippen LogP contribution in [0.4, 0.5) is 0 Å². The van der Waals surface area contributed by atoms with E-state index in [-0.39, 0.29) is 5.91 Å². The molecule has 0 saturated carbocycles. The number of likely N-dealkylation sites (tertiary alicyclic amines) is 1. The highest BCUT2D eigenvalue weighted by molar-refractivity contribution is 5.76. The molecule has 1 amide bonds. The summed E-state index contributed by atoms with van der Waals surface area (Å²) in [6, 6.07) is 10.3. The van der Waals surface area contributed by atoms with Crippen molar-refractivity contribution >= 4 is 5.91 Å². The maximum atomic E-state index is 12.0. The Labute approximate surface area is 114 Å². The number of carbonyl (C=O) groups excluding carboxylic acids is 1. The molecule has 0 bridgehead atoms. The highest BCUT2D eigenvalue weighted by Crippen LogP contribution is 2.32. The predicted molar refractivity (Wildman–Crippen MR) is 74.8 cm³/mol. The zero-order valence-corrected chi connectivity index (χ0v) is 11.4. The first-order valence-corrected chi connectivity index (χ1v) is 6.78. The van der Waals surface area contributed by atoms with Gasteiger partial charge in [-0.3, -0.25) is 4.79 Å². The molecule has 19 heavy (non-hydrogen) atoms. The molecule has 1 fully saturated rings. The van der Waals surface area contributed by atoms with E-state index in [1.807, 2.05) is 23.1 Å². The summed E-state index contributed by atoms with van der Waals surface area (Å²) in [6.07, 6.45) is 0.454. The van der Waals surface area contributed by atoms with Crippen LogP contribution in [0.3, 0.4) is 0 Å². The summed E-state index contributed by atoms with van der Waals surface area (Å²) in [5.41, 5.74) is 7.14. The van der Waals surface area contributed by atoms with Gasteiger partial charge in [-0.1, -0.05) is 30.3 Å². The average molecular weight is 262 g/mol. The molecule has 0 unspecified atom stereocenters. The fraction of sp³-hybridized carbons (Fsp3) is 0.533. The fourth-order valence-corrected chi connectivity index (χ4v) is 2.74. The van der Waals surface area contributed by atoms with Crippen molar-refractivity contribution in [3.8, 4) is 0 Å². The van der Waals surface area contributed by atoms with Crippen LogP contribution < -0.4 is 5.73 Å². The first kappa shape index (κ1) is 14.0. The molecule has 0 aromatic heterocycles. The van der Waals surface area contributed by atoms with Crippen molar-refractivity contribution in [2.75, 3.05) is 33.4 Å². The molecular formula is C15H22N2O2. The molecule has 1 heterocycles. The van der Waals surface area contributed by atoms with Gasteiger partial charge in [0.05, 0.1) is 13.0 Å². The van der Waals surface area contributed by atoms with Crippen LogP contribution in [0.1, 0.15) is 17.9 Å². The molecule has 4 heteroatoms. The molecule has 2 atom stereocenters. The summed E-state index contributed by atoms with van der Waals surface area (Å²) in [6.45, 7) is 2.64. The van der Waals surface area contributed by atoms with Crippen LogP contribution in [0.2, 0.25) is 0 Å². The predicted octanol–water partition coefficient (Wildman–Crippen LogP) is 1.22. The van der Waals surface area contributed by atoms with E-state index in [2.05, 4.69) is 12.1 Å². The molecule has 0 aliphatic carbocycles. The van der Waals surface area contributed by atoms with Crippen LogP contribution >= 0.6 is 0 Å². The van der Waals surface area contributed by atoms with Crippen LogP contribution in [0.15, 0.2) is 30.3 Å². The lowest BCUT2D eigenvalue weighted by atomic mass is 9.89. The Balaban J connectivity index is 2.04. The van der Waals surface area contributed by atoms with E-state index in [1.165, 1.54) is 5.56 Å². The standard InChI is InChI=1S/C15H22N2O2/c1-19-8-7-15(18)17-10-13(9-16)14(11-17)12-5-3-2-4-6-12/h2-6,13-14H,7-11,16H2,1H3/t13-,14+/m1/s1.